The number of alkyl halides is 1. The van der Waals surface area contributed by atoms with Crippen LogP contribution >= 0.6 is 11.6 Å². The average Bonchev–Trinajstić information content (AvgIpc) is 2.67. The van der Waals surface area contributed by atoms with Crippen LogP contribution in [0.4, 0.5) is 0 Å². The first kappa shape index (κ1) is 11.5. The quantitative estimate of drug-likeness (QED) is 0.699. The number of piperidine rings is 1. The Morgan fingerprint density at radius 2 is 2.38 bits per heavy atom. The van der Waals surface area contributed by atoms with Crippen LogP contribution in [-0.2, 0) is 7.05 Å². The molecule has 2 atom stereocenters. The normalized spacial score (nSPS) is 25.8. The smallest absolute Gasteiger partial charge is 0.272 e. The van der Waals surface area contributed by atoms with Gasteiger partial charge >= 0.3 is 0 Å². The van der Waals surface area contributed by atoms with E-state index in [1.165, 1.54) is 0 Å². The van der Waals surface area contributed by atoms with E-state index in [9.17, 15) is 4.79 Å². The molecule has 4 nitrogen and oxygen atoms in total. The first-order valence-corrected chi connectivity index (χ1v) is 5.93. The van der Waals surface area contributed by atoms with E-state index in [2.05, 4.69) is 11.9 Å². The monoisotopic (exact) mass is 241 g/mol. The third-order valence-corrected chi connectivity index (χ3v) is 3.77. The Morgan fingerprint density at radius 3 is 2.94 bits per heavy atom. The lowest BCUT2D eigenvalue weighted by molar-refractivity contribution is 0.0677. The zero-order valence-electron chi connectivity index (χ0n) is 9.56. The molecule has 0 aliphatic carbocycles. The molecule has 0 aromatic carbocycles. The van der Waals surface area contributed by atoms with Gasteiger partial charge in [-0.2, -0.15) is 0 Å². The van der Waals surface area contributed by atoms with Crippen LogP contribution in [0.3, 0.4) is 0 Å². The van der Waals surface area contributed by atoms with Gasteiger partial charge in [0.1, 0.15) is 5.69 Å². The van der Waals surface area contributed by atoms with E-state index in [-0.39, 0.29) is 11.3 Å². The van der Waals surface area contributed by atoms with Gasteiger partial charge in [-0.3, -0.25) is 4.79 Å². The molecule has 88 valence electrons. The molecule has 5 heteroatoms. The Kier molecular flexibility index (Phi) is 3.19. The van der Waals surface area contributed by atoms with Gasteiger partial charge in [-0.05, 0) is 12.3 Å². The molecule has 1 aliphatic rings. The average molecular weight is 242 g/mol. The molecule has 0 saturated carbocycles. The largest absolute Gasteiger partial charge is 0.337 e. The van der Waals surface area contributed by atoms with E-state index in [1.54, 1.807) is 17.1 Å². The number of halogens is 1. The number of hydrogen-bond donors (Lipinski definition) is 0. The molecule has 1 aromatic rings. The van der Waals surface area contributed by atoms with Crippen LogP contribution in [0, 0.1) is 5.92 Å². The number of imidazole rings is 1. The highest BCUT2D eigenvalue weighted by Gasteiger charge is 2.28. The van der Waals surface area contributed by atoms with Crippen molar-refractivity contribution >= 4 is 17.5 Å². The van der Waals surface area contributed by atoms with E-state index in [0.717, 1.165) is 19.5 Å². The molecule has 1 aromatic heterocycles. The van der Waals surface area contributed by atoms with Crippen LogP contribution in [0.2, 0.25) is 0 Å². The van der Waals surface area contributed by atoms with Gasteiger partial charge in [0.25, 0.3) is 5.91 Å². The number of carbonyl (C=O) groups is 1. The van der Waals surface area contributed by atoms with E-state index in [4.69, 9.17) is 11.6 Å². The molecule has 2 rings (SSSR count). The molecule has 0 bridgehead atoms. The van der Waals surface area contributed by atoms with Crippen LogP contribution in [0.15, 0.2) is 12.5 Å². The van der Waals surface area contributed by atoms with Crippen LogP contribution < -0.4 is 0 Å². The number of hydrogen-bond acceptors (Lipinski definition) is 2. The third kappa shape index (κ3) is 2.07. The summed E-state index contributed by atoms with van der Waals surface area (Å²) in [5.74, 6) is 0.406. The molecule has 16 heavy (non-hydrogen) atoms. The van der Waals surface area contributed by atoms with Gasteiger partial charge in [-0.1, -0.05) is 6.92 Å². The highest BCUT2D eigenvalue weighted by molar-refractivity contribution is 6.20. The minimum absolute atomic E-state index is 0.0513. The first-order valence-electron chi connectivity index (χ1n) is 5.49. The second-order valence-corrected chi connectivity index (χ2v) is 4.98. The predicted octanol–water partition coefficient (Wildman–Crippen LogP) is 1.51. The molecular weight excluding hydrogens is 226 g/mol. The lowest BCUT2D eigenvalue weighted by Gasteiger charge is -2.34. The molecule has 0 N–H and O–H groups in total. The standard InChI is InChI=1S/C11H16ClN3O/c1-8-6-15(4-3-9(8)12)11(16)10-5-13-7-14(10)2/h5,7-9H,3-4,6H2,1-2H3. The first-order chi connectivity index (χ1) is 7.59. The second-order valence-electron chi connectivity index (χ2n) is 4.42. The molecular formula is C11H16ClN3O. The Balaban J connectivity index is 2.09. The van der Waals surface area contributed by atoms with Crippen molar-refractivity contribution < 1.29 is 4.79 Å². The minimum atomic E-state index is 0.0513. The number of amides is 1. The fraction of sp³-hybridized carbons (Fsp3) is 0.636. The Hall–Kier alpha value is -1.03. The van der Waals surface area contributed by atoms with Crippen molar-refractivity contribution in [2.75, 3.05) is 13.1 Å². The summed E-state index contributed by atoms with van der Waals surface area (Å²) in [7, 11) is 1.83. The summed E-state index contributed by atoms with van der Waals surface area (Å²) in [6.07, 6.45) is 4.12. The summed E-state index contributed by atoms with van der Waals surface area (Å²) in [4.78, 5) is 18.0. The molecule has 0 spiro atoms. The number of aryl methyl sites for hydroxylation is 1. The topological polar surface area (TPSA) is 38.1 Å². The number of aromatic nitrogens is 2. The second kappa shape index (κ2) is 4.45. The van der Waals surface area contributed by atoms with Gasteiger partial charge in [0.15, 0.2) is 0 Å². The van der Waals surface area contributed by atoms with Gasteiger partial charge < -0.3 is 9.47 Å². The maximum Gasteiger partial charge on any atom is 0.272 e. The molecule has 2 unspecified atom stereocenters. The number of rotatable bonds is 1. The van der Waals surface area contributed by atoms with Gasteiger partial charge in [0.2, 0.25) is 0 Å². The van der Waals surface area contributed by atoms with E-state index in [1.807, 2.05) is 11.9 Å². The maximum atomic E-state index is 12.2. The molecule has 1 fully saturated rings. The van der Waals surface area contributed by atoms with Gasteiger partial charge in [0.05, 0.1) is 12.5 Å². The summed E-state index contributed by atoms with van der Waals surface area (Å²) >= 11 is 6.14. The number of likely N-dealkylation sites (tertiary alicyclic amines) is 1. The fourth-order valence-electron chi connectivity index (χ4n) is 2.03. The fourth-order valence-corrected chi connectivity index (χ4v) is 2.20. The zero-order valence-corrected chi connectivity index (χ0v) is 10.3. The zero-order chi connectivity index (χ0) is 11.7. The van der Waals surface area contributed by atoms with Crippen molar-refractivity contribution in [2.45, 2.75) is 18.7 Å². The Bertz CT molecular complexity index is 390. The molecule has 1 aliphatic heterocycles. The lowest BCUT2D eigenvalue weighted by Crippen LogP contribution is -2.43. The molecule has 1 saturated heterocycles. The minimum Gasteiger partial charge on any atom is -0.337 e. The lowest BCUT2D eigenvalue weighted by atomic mass is 9.99. The molecule has 0 radical (unpaired) electrons. The van der Waals surface area contributed by atoms with Crippen molar-refractivity contribution in [3.63, 3.8) is 0 Å². The van der Waals surface area contributed by atoms with E-state index >= 15 is 0 Å². The number of nitrogens with zero attached hydrogens (tertiary/aromatic N) is 3. The highest BCUT2D eigenvalue weighted by Crippen LogP contribution is 2.22. The Morgan fingerprint density at radius 1 is 1.62 bits per heavy atom. The highest BCUT2D eigenvalue weighted by atomic mass is 35.5. The molecule has 2 heterocycles. The Labute approximate surface area is 100 Å². The third-order valence-electron chi connectivity index (χ3n) is 3.12. The van der Waals surface area contributed by atoms with Crippen LogP contribution in [0.5, 0.6) is 0 Å². The summed E-state index contributed by atoms with van der Waals surface area (Å²) < 4.78 is 1.75. The van der Waals surface area contributed by atoms with Gasteiger partial charge in [0, 0.05) is 25.5 Å². The van der Waals surface area contributed by atoms with E-state index in [0.29, 0.717) is 11.6 Å². The SMILES string of the molecule is CC1CN(C(=O)c2cncn2C)CCC1Cl. The van der Waals surface area contributed by atoms with Crippen LogP contribution in [-0.4, -0.2) is 38.8 Å². The summed E-state index contributed by atoms with van der Waals surface area (Å²) in [5.41, 5.74) is 0.639. The van der Waals surface area contributed by atoms with Crippen molar-refractivity contribution in [2.24, 2.45) is 13.0 Å². The van der Waals surface area contributed by atoms with Gasteiger partial charge in [-0.15, -0.1) is 11.6 Å². The predicted molar refractivity (Wildman–Crippen MR) is 62.5 cm³/mol. The molecule has 1 amide bonds. The van der Waals surface area contributed by atoms with E-state index < -0.39 is 0 Å². The van der Waals surface area contributed by atoms with Crippen molar-refractivity contribution in [1.29, 1.82) is 0 Å². The van der Waals surface area contributed by atoms with Crippen LogP contribution in [0.25, 0.3) is 0 Å². The number of carbonyl (C=O) groups excluding carboxylic acids is 1. The van der Waals surface area contributed by atoms with Crippen molar-refractivity contribution in [3.8, 4) is 0 Å². The maximum absolute atomic E-state index is 12.2. The van der Waals surface area contributed by atoms with Crippen molar-refractivity contribution in [1.82, 2.24) is 14.5 Å². The summed E-state index contributed by atoms with van der Waals surface area (Å²) in [6.45, 7) is 3.56. The summed E-state index contributed by atoms with van der Waals surface area (Å²) in [5, 5.41) is 0.190. The van der Waals surface area contributed by atoms with Crippen molar-refractivity contribution in [3.05, 3.63) is 18.2 Å². The van der Waals surface area contributed by atoms with Crippen LogP contribution in [0.1, 0.15) is 23.8 Å². The summed E-state index contributed by atoms with van der Waals surface area (Å²) in [6, 6.07) is 0. The van der Waals surface area contributed by atoms with Gasteiger partial charge in [-0.25, -0.2) is 4.98 Å².